The quantitative estimate of drug-likeness (QED) is 0.367. The second-order valence-electron chi connectivity index (χ2n) is 7.62. The minimum absolute atomic E-state index is 0.0467. The first-order valence-electron chi connectivity index (χ1n) is 10.6. The summed E-state index contributed by atoms with van der Waals surface area (Å²) in [6.45, 7) is 6.23. The summed E-state index contributed by atoms with van der Waals surface area (Å²) in [5.41, 5.74) is 1.84. The van der Waals surface area contributed by atoms with Crippen LogP contribution in [-0.2, 0) is 21.9 Å². The molecule has 0 saturated heterocycles. The summed E-state index contributed by atoms with van der Waals surface area (Å²) in [7, 11) is 0. The second-order valence-corrected chi connectivity index (χ2v) is 9.88. The summed E-state index contributed by atoms with van der Waals surface area (Å²) in [5, 5.41) is 4.80. The van der Waals surface area contributed by atoms with E-state index in [0.29, 0.717) is 33.8 Å². The summed E-state index contributed by atoms with van der Waals surface area (Å²) >= 11 is 19.7. The summed E-state index contributed by atoms with van der Waals surface area (Å²) in [5.74, 6) is 0.586. The van der Waals surface area contributed by atoms with Crippen LogP contribution in [0.5, 0.6) is 0 Å². The molecule has 0 aliphatic rings. The van der Waals surface area contributed by atoms with Crippen molar-refractivity contribution in [1.29, 1.82) is 0 Å². The molecular weight excluding hydrogens is 487 g/mol. The Bertz CT molecular complexity index is 909. The zero-order chi connectivity index (χ0) is 23.7. The van der Waals surface area contributed by atoms with Gasteiger partial charge in [-0.2, -0.15) is 0 Å². The van der Waals surface area contributed by atoms with Crippen molar-refractivity contribution in [3.63, 3.8) is 0 Å². The number of carbonyl (C=O) groups is 2. The molecule has 0 unspecified atom stereocenters. The van der Waals surface area contributed by atoms with E-state index in [1.807, 2.05) is 39.0 Å². The Labute approximate surface area is 210 Å². The Hall–Kier alpha value is -1.40. The molecule has 0 aliphatic heterocycles. The van der Waals surface area contributed by atoms with Gasteiger partial charge < -0.3 is 10.2 Å². The third-order valence-electron chi connectivity index (χ3n) is 5.15. The lowest BCUT2D eigenvalue weighted by Gasteiger charge is -2.31. The van der Waals surface area contributed by atoms with Gasteiger partial charge in [-0.25, -0.2) is 0 Å². The molecule has 4 nitrogen and oxygen atoms in total. The molecule has 0 fully saturated rings. The SMILES string of the molecule is CC[C@@H](C)NC(=O)[C@H](CC)N(Cc1ccc(Cl)cc1)C(=O)CSCc1ccc(Cl)cc1Cl. The van der Waals surface area contributed by atoms with Crippen LogP contribution in [0.25, 0.3) is 0 Å². The molecule has 0 saturated carbocycles. The number of benzene rings is 2. The van der Waals surface area contributed by atoms with E-state index in [2.05, 4.69) is 5.32 Å². The fourth-order valence-electron chi connectivity index (χ4n) is 3.12. The van der Waals surface area contributed by atoms with Gasteiger partial charge >= 0.3 is 0 Å². The highest BCUT2D eigenvalue weighted by Crippen LogP contribution is 2.25. The highest BCUT2D eigenvalue weighted by molar-refractivity contribution is 7.99. The zero-order valence-electron chi connectivity index (χ0n) is 18.5. The molecule has 32 heavy (non-hydrogen) atoms. The van der Waals surface area contributed by atoms with E-state index < -0.39 is 6.04 Å². The first kappa shape index (κ1) is 26.8. The molecule has 2 aromatic carbocycles. The Kier molecular flexibility index (Phi) is 11.2. The van der Waals surface area contributed by atoms with Crippen molar-refractivity contribution in [3.8, 4) is 0 Å². The van der Waals surface area contributed by atoms with Crippen LogP contribution in [0.2, 0.25) is 15.1 Å². The fourth-order valence-corrected chi connectivity index (χ4v) is 4.71. The van der Waals surface area contributed by atoms with Gasteiger partial charge in [0.15, 0.2) is 0 Å². The molecule has 2 aromatic rings. The van der Waals surface area contributed by atoms with Crippen molar-refractivity contribution < 1.29 is 9.59 Å². The van der Waals surface area contributed by atoms with E-state index in [-0.39, 0.29) is 23.6 Å². The van der Waals surface area contributed by atoms with Gasteiger partial charge in [-0.15, -0.1) is 11.8 Å². The molecule has 0 aromatic heterocycles. The van der Waals surface area contributed by atoms with Gasteiger partial charge in [0.05, 0.1) is 5.75 Å². The largest absolute Gasteiger partial charge is 0.352 e. The molecule has 2 amide bonds. The van der Waals surface area contributed by atoms with Crippen LogP contribution in [0.4, 0.5) is 0 Å². The first-order valence-corrected chi connectivity index (χ1v) is 12.9. The Morgan fingerprint density at radius 1 is 1.00 bits per heavy atom. The van der Waals surface area contributed by atoms with Crippen LogP contribution in [0.1, 0.15) is 44.7 Å². The highest BCUT2D eigenvalue weighted by atomic mass is 35.5. The van der Waals surface area contributed by atoms with Crippen LogP contribution >= 0.6 is 46.6 Å². The van der Waals surface area contributed by atoms with E-state index in [4.69, 9.17) is 34.8 Å². The van der Waals surface area contributed by atoms with Gasteiger partial charge in [-0.3, -0.25) is 9.59 Å². The molecule has 2 rings (SSSR count). The number of thioether (sulfide) groups is 1. The summed E-state index contributed by atoms with van der Waals surface area (Å²) in [6, 6.07) is 12.2. The lowest BCUT2D eigenvalue weighted by molar-refractivity contribution is -0.139. The first-order chi connectivity index (χ1) is 15.2. The monoisotopic (exact) mass is 514 g/mol. The van der Waals surface area contributed by atoms with Crippen LogP contribution in [0.15, 0.2) is 42.5 Å². The second kappa shape index (κ2) is 13.3. The van der Waals surface area contributed by atoms with Crippen molar-refractivity contribution in [2.24, 2.45) is 0 Å². The topological polar surface area (TPSA) is 49.4 Å². The average molecular weight is 516 g/mol. The predicted molar refractivity (Wildman–Crippen MR) is 137 cm³/mol. The van der Waals surface area contributed by atoms with Crippen molar-refractivity contribution >= 4 is 58.4 Å². The maximum Gasteiger partial charge on any atom is 0.243 e. The smallest absolute Gasteiger partial charge is 0.243 e. The van der Waals surface area contributed by atoms with E-state index in [9.17, 15) is 9.59 Å². The van der Waals surface area contributed by atoms with Gasteiger partial charge in [0.25, 0.3) is 0 Å². The number of carbonyl (C=O) groups excluding carboxylic acids is 2. The Morgan fingerprint density at radius 3 is 2.25 bits per heavy atom. The number of rotatable bonds is 11. The molecular formula is C24H29Cl3N2O2S. The van der Waals surface area contributed by atoms with E-state index in [0.717, 1.165) is 17.5 Å². The molecule has 174 valence electrons. The molecule has 0 bridgehead atoms. The van der Waals surface area contributed by atoms with Crippen molar-refractivity contribution in [2.75, 3.05) is 5.75 Å². The molecule has 8 heteroatoms. The molecule has 0 heterocycles. The van der Waals surface area contributed by atoms with Gasteiger partial charge in [0, 0.05) is 33.4 Å². The number of hydrogen-bond acceptors (Lipinski definition) is 3. The van der Waals surface area contributed by atoms with Crippen LogP contribution in [0, 0.1) is 0 Å². The lowest BCUT2D eigenvalue weighted by atomic mass is 10.1. The Morgan fingerprint density at radius 2 is 1.66 bits per heavy atom. The van der Waals surface area contributed by atoms with Crippen LogP contribution in [0.3, 0.4) is 0 Å². The number of amides is 2. The van der Waals surface area contributed by atoms with Gasteiger partial charge in [0.1, 0.15) is 6.04 Å². The number of hydrogen-bond donors (Lipinski definition) is 1. The van der Waals surface area contributed by atoms with Gasteiger partial charge in [-0.05, 0) is 55.2 Å². The standard InChI is InChI=1S/C24H29Cl3N2O2S/c1-4-16(3)28-24(31)22(5-2)29(13-17-6-9-19(25)10-7-17)23(30)15-32-14-18-8-11-20(26)12-21(18)27/h6-12,16,22H,4-5,13-15H2,1-3H3,(H,28,31)/t16-,22+/m1/s1. The van der Waals surface area contributed by atoms with Crippen molar-refractivity contribution in [1.82, 2.24) is 10.2 Å². The third kappa shape index (κ3) is 8.18. The zero-order valence-corrected chi connectivity index (χ0v) is 21.6. The number of nitrogens with zero attached hydrogens (tertiary/aromatic N) is 1. The van der Waals surface area contributed by atoms with Crippen molar-refractivity contribution in [3.05, 3.63) is 68.7 Å². The number of halogens is 3. The Balaban J connectivity index is 2.14. The van der Waals surface area contributed by atoms with Crippen LogP contribution < -0.4 is 5.32 Å². The molecule has 0 radical (unpaired) electrons. The van der Waals surface area contributed by atoms with E-state index in [1.165, 1.54) is 11.8 Å². The maximum absolute atomic E-state index is 13.2. The molecule has 2 atom stereocenters. The van der Waals surface area contributed by atoms with Crippen molar-refractivity contribution in [2.45, 2.75) is 58.0 Å². The minimum Gasteiger partial charge on any atom is -0.352 e. The lowest BCUT2D eigenvalue weighted by Crippen LogP contribution is -2.51. The average Bonchev–Trinajstić information content (AvgIpc) is 2.76. The van der Waals surface area contributed by atoms with Gasteiger partial charge in [-0.1, -0.05) is 66.8 Å². The summed E-state index contributed by atoms with van der Waals surface area (Å²) in [6.07, 6.45) is 1.35. The normalized spacial score (nSPS) is 12.8. The molecule has 0 spiro atoms. The fraction of sp³-hybridized carbons (Fsp3) is 0.417. The summed E-state index contributed by atoms with van der Waals surface area (Å²) in [4.78, 5) is 27.9. The molecule has 1 N–H and O–H groups in total. The number of nitrogens with one attached hydrogen (secondary N) is 1. The van der Waals surface area contributed by atoms with Crippen LogP contribution in [-0.4, -0.2) is 34.6 Å². The molecule has 0 aliphatic carbocycles. The predicted octanol–water partition coefficient (Wildman–Crippen LogP) is 6.60. The minimum atomic E-state index is -0.549. The maximum atomic E-state index is 13.2. The summed E-state index contributed by atoms with van der Waals surface area (Å²) < 4.78 is 0. The van der Waals surface area contributed by atoms with E-state index in [1.54, 1.807) is 29.2 Å². The third-order valence-corrected chi connectivity index (χ3v) is 6.96. The van der Waals surface area contributed by atoms with Gasteiger partial charge in [0.2, 0.25) is 11.8 Å². The van der Waals surface area contributed by atoms with E-state index >= 15 is 0 Å². The highest BCUT2D eigenvalue weighted by Gasteiger charge is 2.29.